The summed E-state index contributed by atoms with van der Waals surface area (Å²) in [5.74, 6) is -0.517. The van der Waals surface area contributed by atoms with Gasteiger partial charge in [-0.15, -0.1) is 0 Å². The highest BCUT2D eigenvalue weighted by Crippen LogP contribution is 2.37. The lowest BCUT2D eigenvalue weighted by atomic mass is 9.92. The third-order valence-electron chi connectivity index (χ3n) is 3.98. The van der Waals surface area contributed by atoms with E-state index < -0.39 is 11.8 Å². The van der Waals surface area contributed by atoms with E-state index in [1.807, 2.05) is 0 Å². The van der Waals surface area contributed by atoms with Gasteiger partial charge in [0.2, 0.25) is 5.95 Å². The number of nitrogen functional groups attached to an aromatic ring is 1. The van der Waals surface area contributed by atoms with Crippen LogP contribution in [0, 0.1) is 5.82 Å². The first kappa shape index (κ1) is 13.9. The lowest BCUT2D eigenvalue weighted by molar-refractivity contribution is -0.142. The highest BCUT2D eigenvalue weighted by atomic mass is 19.1. The summed E-state index contributed by atoms with van der Waals surface area (Å²) in [6, 6.07) is 3.49. The number of anilines is 1. The second-order valence-corrected chi connectivity index (χ2v) is 5.31. The molecule has 6 heteroatoms. The monoisotopic (exact) mass is 291 g/mol. The number of halogens is 1. The van der Waals surface area contributed by atoms with Crippen LogP contribution >= 0.6 is 0 Å². The fourth-order valence-electron chi connectivity index (χ4n) is 2.73. The summed E-state index contributed by atoms with van der Waals surface area (Å²) in [6.45, 7) is 2.01. The topological polar surface area (TPSA) is 70.1 Å². The molecule has 1 saturated carbocycles. The number of imidazole rings is 1. The summed E-state index contributed by atoms with van der Waals surface area (Å²) < 4.78 is 21.4. The Bertz CT molecular complexity index is 692. The van der Waals surface area contributed by atoms with E-state index in [9.17, 15) is 9.18 Å². The molecule has 0 aliphatic heterocycles. The van der Waals surface area contributed by atoms with Crippen molar-refractivity contribution in [1.29, 1.82) is 0 Å². The van der Waals surface area contributed by atoms with Crippen LogP contribution in [0.25, 0.3) is 11.0 Å². The van der Waals surface area contributed by atoms with Gasteiger partial charge in [-0.25, -0.2) is 9.37 Å². The quantitative estimate of drug-likeness (QED) is 0.879. The predicted octanol–water partition coefficient (Wildman–Crippen LogP) is 2.59. The van der Waals surface area contributed by atoms with Gasteiger partial charge in [0.05, 0.1) is 18.5 Å². The van der Waals surface area contributed by atoms with E-state index >= 15 is 0 Å². The first-order valence-corrected chi connectivity index (χ1v) is 7.22. The second kappa shape index (κ2) is 5.35. The Morgan fingerprint density at radius 2 is 2.29 bits per heavy atom. The normalized spacial score (nSPS) is 15.1. The van der Waals surface area contributed by atoms with Gasteiger partial charge in [0.15, 0.2) is 5.82 Å². The van der Waals surface area contributed by atoms with Crippen LogP contribution in [0.4, 0.5) is 10.3 Å². The molecular weight excluding hydrogens is 273 g/mol. The Morgan fingerprint density at radius 1 is 1.52 bits per heavy atom. The third kappa shape index (κ3) is 2.34. The van der Waals surface area contributed by atoms with Gasteiger partial charge < -0.3 is 15.0 Å². The summed E-state index contributed by atoms with van der Waals surface area (Å²) in [5.41, 5.74) is 7.18. The van der Waals surface area contributed by atoms with E-state index in [1.54, 1.807) is 23.6 Å². The molecular formula is C15H18FN3O2. The van der Waals surface area contributed by atoms with E-state index in [2.05, 4.69) is 4.98 Å². The largest absolute Gasteiger partial charge is 0.466 e. The van der Waals surface area contributed by atoms with Crippen molar-refractivity contribution in [3.05, 3.63) is 23.5 Å². The summed E-state index contributed by atoms with van der Waals surface area (Å²) in [6.07, 6.45) is 3.01. The zero-order valence-corrected chi connectivity index (χ0v) is 11.9. The van der Waals surface area contributed by atoms with Crippen LogP contribution in [0.3, 0.4) is 0 Å². The van der Waals surface area contributed by atoms with E-state index in [-0.39, 0.29) is 19.1 Å². The lowest BCUT2D eigenvalue weighted by Crippen LogP contribution is -2.19. The number of carbonyl (C=O) groups is 1. The molecule has 0 atom stereocenters. The van der Waals surface area contributed by atoms with Crippen LogP contribution in [0.1, 0.15) is 37.8 Å². The van der Waals surface area contributed by atoms with Gasteiger partial charge in [0, 0.05) is 11.6 Å². The Balaban J connectivity index is 2.04. The van der Waals surface area contributed by atoms with Gasteiger partial charge >= 0.3 is 5.97 Å². The molecule has 0 radical (unpaired) electrons. The maximum atomic E-state index is 14.7. The summed E-state index contributed by atoms with van der Waals surface area (Å²) >= 11 is 0. The van der Waals surface area contributed by atoms with Gasteiger partial charge in [-0.3, -0.25) is 4.79 Å². The van der Waals surface area contributed by atoms with Crippen LogP contribution in [-0.2, 0) is 16.0 Å². The molecule has 0 saturated heterocycles. The van der Waals surface area contributed by atoms with E-state index in [1.165, 1.54) is 0 Å². The number of rotatable bonds is 4. The number of ether oxygens (including phenoxy) is 1. The molecule has 2 aromatic rings. The van der Waals surface area contributed by atoms with Gasteiger partial charge in [0.1, 0.15) is 5.52 Å². The molecule has 5 nitrogen and oxygen atoms in total. The molecule has 1 aliphatic rings. The number of hydrogen-bond acceptors (Lipinski definition) is 4. The number of nitrogens with zero attached hydrogens (tertiary/aromatic N) is 2. The third-order valence-corrected chi connectivity index (χ3v) is 3.98. The number of nitrogens with two attached hydrogens (primary N) is 1. The highest BCUT2D eigenvalue weighted by molar-refractivity contribution is 5.82. The SMILES string of the molecule is CCOC(=O)Cc1ccc2nc(N)n(C3CCC3)c2c1F. The molecule has 112 valence electrons. The molecule has 0 spiro atoms. The fourth-order valence-corrected chi connectivity index (χ4v) is 2.73. The molecule has 2 N–H and O–H groups in total. The minimum atomic E-state index is -0.432. The van der Waals surface area contributed by atoms with Crippen molar-refractivity contribution < 1.29 is 13.9 Å². The van der Waals surface area contributed by atoms with Crippen LogP contribution in [0.2, 0.25) is 0 Å². The number of fused-ring (bicyclic) bond motifs is 1. The number of carbonyl (C=O) groups excluding carboxylic acids is 1. The lowest BCUT2D eigenvalue weighted by Gasteiger charge is -2.28. The predicted molar refractivity (Wildman–Crippen MR) is 77.3 cm³/mol. The van der Waals surface area contributed by atoms with Crippen molar-refractivity contribution in [2.24, 2.45) is 0 Å². The molecule has 1 aromatic carbocycles. The van der Waals surface area contributed by atoms with Crippen LogP contribution in [0.15, 0.2) is 12.1 Å². The first-order chi connectivity index (χ1) is 10.1. The molecule has 21 heavy (non-hydrogen) atoms. The zero-order valence-electron chi connectivity index (χ0n) is 11.9. The summed E-state index contributed by atoms with van der Waals surface area (Å²) in [7, 11) is 0. The Kier molecular flexibility index (Phi) is 3.53. The molecule has 1 aromatic heterocycles. The number of hydrogen-bond donors (Lipinski definition) is 1. The van der Waals surface area contributed by atoms with Crippen LogP contribution < -0.4 is 5.73 Å². The van der Waals surface area contributed by atoms with Crippen molar-refractivity contribution in [2.75, 3.05) is 12.3 Å². The minimum absolute atomic E-state index is 0.0780. The minimum Gasteiger partial charge on any atom is -0.466 e. The van der Waals surface area contributed by atoms with Crippen molar-refractivity contribution in [1.82, 2.24) is 9.55 Å². The van der Waals surface area contributed by atoms with E-state index in [4.69, 9.17) is 10.5 Å². The summed E-state index contributed by atoms with van der Waals surface area (Å²) in [4.78, 5) is 15.8. The zero-order chi connectivity index (χ0) is 15.0. The van der Waals surface area contributed by atoms with Gasteiger partial charge in [0.25, 0.3) is 0 Å². The average molecular weight is 291 g/mol. The molecule has 1 heterocycles. The molecule has 0 unspecified atom stereocenters. The van der Waals surface area contributed by atoms with Gasteiger partial charge in [-0.05, 0) is 32.3 Å². The molecule has 1 fully saturated rings. The van der Waals surface area contributed by atoms with Gasteiger partial charge in [-0.2, -0.15) is 0 Å². The standard InChI is InChI=1S/C15H18FN3O2/c1-2-21-12(20)8-9-6-7-11-14(13(9)16)19(15(17)18-11)10-4-3-5-10/h6-7,10H,2-5,8H2,1H3,(H2,17,18). The number of benzene rings is 1. The van der Waals surface area contributed by atoms with Crippen LogP contribution in [0.5, 0.6) is 0 Å². The Morgan fingerprint density at radius 3 is 2.90 bits per heavy atom. The van der Waals surface area contributed by atoms with Crippen LogP contribution in [-0.4, -0.2) is 22.1 Å². The van der Waals surface area contributed by atoms with E-state index in [0.717, 1.165) is 19.3 Å². The second-order valence-electron chi connectivity index (χ2n) is 5.31. The maximum absolute atomic E-state index is 14.7. The Hall–Kier alpha value is -2.11. The maximum Gasteiger partial charge on any atom is 0.310 e. The number of aromatic nitrogens is 2. The fraction of sp³-hybridized carbons (Fsp3) is 0.467. The van der Waals surface area contributed by atoms with Crippen molar-refractivity contribution >= 4 is 23.0 Å². The molecule has 3 rings (SSSR count). The first-order valence-electron chi connectivity index (χ1n) is 7.22. The Labute approximate surface area is 121 Å². The average Bonchev–Trinajstić information content (AvgIpc) is 2.69. The van der Waals surface area contributed by atoms with Crippen molar-refractivity contribution in [3.63, 3.8) is 0 Å². The number of esters is 1. The van der Waals surface area contributed by atoms with Crippen molar-refractivity contribution in [3.8, 4) is 0 Å². The van der Waals surface area contributed by atoms with E-state index in [0.29, 0.717) is 22.5 Å². The summed E-state index contributed by atoms with van der Waals surface area (Å²) in [5, 5.41) is 0. The molecule has 1 aliphatic carbocycles. The smallest absolute Gasteiger partial charge is 0.310 e. The highest BCUT2D eigenvalue weighted by Gasteiger charge is 2.26. The van der Waals surface area contributed by atoms with Crippen molar-refractivity contribution in [2.45, 2.75) is 38.6 Å². The van der Waals surface area contributed by atoms with Gasteiger partial charge in [-0.1, -0.05) is 6.07 Å². The molecule has 0 amide bonds. The molecule has 0 bridgehead atoms.